The Balaban J connectivity index is 1.58. The Labute approximate surface area is 160 Å². The maximum absolute atomic E-state index is 12.8. The van der Waals surface area contributed by atoms with Crippen LogP contribution in [0.1, 0.15) is 39.7 Å². The van der Waals surface area contributed by atoms with E-state index in [1.165, 1.54) is 21.1 Å². The van der Waals surface area contributed by atoms with Crippen LogP contribution in [0.25, 0.3) is 0 Å². The molecule has 0 bridgehead atoms. The van der Waals surface area contributed by atoms with Gasteiger partial charge in [-0.2, -0.15) is 0 Å². The number of aromatic nitrogens is 2. The van der Waals surface area contributed by atoms with Crippen LogP contribution in [0, 0.1) is 19.3 Å². The summed E-state index contributed by atoms with van der Waals surface area (Å²) in [7, 11) is 0. The van der Waals surface area contributed by atoms with Crippen LogP contribution < -0.4 is 4.90 Å². The van der Waals surface area contributed by atoms with Crippen molar-refractivity contribution in [2.24, 2.45) is 0 Å². The molecule has 0 spiro atoms. The first-order chi connectivity index (χ1) is 13.1. The second-order valence-corrected chi connectivity index (χ2v) is 7.65. The first-order valence-electron chi connectivity index (χ1n) is 8.69. The van der Waals surface area contributed by atoms with Crippen LogP contribution in [0.15, 0.2) is 24.3 Å². The summed E-state index contributed by atoms with van der Waals surface area (Å²) in [5.74, 6) is 2.41. The normalized spacial score (nSPS) is 19.3. The molecule has 1 atom stereocenters. The highest BCUT2D eigenvalue weighted by Crippen LogP contribution is 2.43. The Morgan fingerprint density at radius 3 is 2.93 bits per heavy atom. The molecule has 1 unspecified atom stereocenters. The summed E-state index contributed by atoms with van der Waals surface area (Å²) in [6.07, 6.45) is 6.76. The Hall–Kier alpha value is -2.92. The molecule has 7 nitrogen and oxygen atoms in total. The van der Waals surface area contributed by atoms with Gasteiger partial charge >= 0.3 is 12.0 Å². The fraction of sp³-hybridized carbons (Fsp3) is 0.368. The number of ether oxygens (including phenoxy) is 1. The highest BCUT2D eigenvalue weighted by Gasteiger charge is 2.43. The number of carbonyl (C=O) groups is 2. The maximum Gasteiger partial charge on any atom is 0.340 e. The van der Waals surface area contributed by atoms with Gasteiger partial charge in [-0.05, 0) is 31.9 Å². The zero-order chi connectivity index (χ0) is 19.0. The minimum atomic E-state index is -0.793. The highest BCUT2D eigenvalue weighted by molar-refractivity contribution is 7.15. The summed E-state index contributed by atoms with van der Waals surface area (Å²) in [5.41, 5.74) is 1.39. The van der Waals surface area contributed by atoms with Crippen LogP contribution >= 0.6 is 11.3 Å². The Morgan fingerprint density at radius 1 is 1.41 bits per heavy atom. The first kappa shape index (κ1) is 17.5. The van der Waals surface area contributed by atoms with Crippen molar-refractivity contribution in [1.29, 1.82) is 0 Å². The Morgan fingerprint density at radius 2 is 2.22 bits per heavy atom. The lowest BCUT2D eigenvalue weighted by Gasteiger charge is -2.19. The molecule has 4 rings (SSSR count). The molecule has 2 amide bonds. The summed E-state index contributed by atoms with van der Waals surface area (Å²) in [6.45, 7) is 2.23. The topological polar surface area (TPSA) is 75.6 Å². The molecule has 1 aliphatic carbocycles. The van der Waals surface area contributed by atoms with Crippen LogP contribution in [-0.2, 0) is 4.74 Å². The van der Waals surface area contributed by atoms with Crippen LogP contribution in [0.3, 0.4) is 0 Å². The van der Waals surface area contributed by atoms with Gasteiger partial charge < -0.3 is 9.64 Å². The molecule has 138 valence electrons. The van der Waals surface area contributed by atoms with Gasteiger partial charge in [-0.3, -0.25) is 0 Å². The van der Waals surface area contributed by atoms with Crippen molar-refractivity contribution >= 4 is 28.5 Å². The molecule has 2 aromatic rings. The molecule has 1 aliphatic heterocycles. The summed E-state index contributed by atoms with van der Waals surface area (Å²) in [6, 6.07) is 6.80. The molecule has 1 saturated carbocycles. The van der Waals surface area contributed by atoms with Crippen molar-refractivity contribution in [3.8, 4) is 12.3 Å². The van der Waals surface area contributed by atoms with Crippen LogP contribution in [0.5, 0.6) is 0 Å². The summed E-state index contributed by atoms with van der Waals surface area (Å²) in [5, 5.41) is 9.69. The first-order valence-corrected chi connectivity index (χ1v) is 9.51. The fourth-order valence-electron chi connectivity index (χ4n) is 2.94. The van der Waals surface area contributed by atoms with Gasteiger partial charge in [-0.25, -0.2) is 14.5 Å². The molecule has 27 heavy (non-hydrogen) atoms. The van der Waals surface area contributed by atoms with E-state index >= 15 is 0 Å². The maximum atomic E-state index is 12.8. The van der Waals surface area contributed by atoms with Gasteiger partial charge in [-0.1, -0.05) is 35.0 Å². The van der Waals surface area contributed by atoms with Crippen molar-refractivity contribution in [3.05, 3.63) is 40.4 Å². The number of carbonyl (C=O) groups excluding carboxylic acids is 2. The summed E-state index contributed by atoms with van der Waals surface area (Å²) < 4.78 is 5.65. The lowest BCUT2D eigenvalue weighted by Crippen LogP contribution is -2.37. The predicted octanol–water partition coefficient (Wildman–Crippen LogP) is 2.78. The van der Waals surface area contributed by atoms with Gasteiger partial charge in [0.05, 0.1) is 18.7 Å². The van der Waals surface area contributed by atoms with E-state index in [1.807, 2.05) is 13.0 Å². The smallest absolute Gasteiger partial charge is 0.340 e. The zero-order valence-corrected chi connectivity index (χ0v) is 15.6. The quantitative estimate of drug-likeness (QED) is 0.587. The molecule has 1 aromatic carbocycles. The number of amides is 2. The van der Waals surface area contributed by atoms with Crippen molar-refractivity contribution < 1.29 is 14.3 Å². The van der Waals surface area contributed by atoms with Crippen LogP contribution in [0.2, 0.25) is 0 Å². The molecular formula is C19H18N4O3S. The third-order valence-electron chi connectivity index (χ3n) is 4.48. The summed E-state index contributed by atoms with van der Waals surface area (Å²) >= 11 is 1.37. The monoisotopic (exact) mass is 382 g/mol. The molecule has 2 aliphatic rings. The Kier molecular flexibility index (Phi) is 4.54. The zero-order valence-electron chi connectivity index (χ0n) is 14.8. The fourth-order valence-corrected chi connectivity index (χ4v) is 3.99. The van der Waals surface area contributed by atoms with Gasteiger partial charge in [0.2, 0.25) is 11.4 Å². The van der Waals surface area contributed by atoms with Gasteiger partial charge in [0.1, 0.15) is 5.01 Å². The molecule has 0 N–H and O–H groups in total. The number of urea groups is 1. The molecule has 0 radical (unpaired) electrons. The van der Waals surface area contributed by atoms with Gasteiger partial charge in [0.15, 0.2) is 0 Å². The van der Waals surface area contributed by atoms with Gasteiger partial charge in [-0.15, -0.1) is 16.6 Å². The SMILES string of the molecule is C#CCN1CC(OC(=O)c2cccc(C)c2)N(c2nnc(C3CC3)s2)C1=O. The molecular weight excluding hydrogens is 364 g/mol. The van der Waals surface area contributed by atoms with Crippen LogP contribution in [0.4, 0.5) is 9.93 Å². The molecule has 2 fully saturated rings. The number of hydrogen-bond acceptors (Lipinski definition) is 6. The van der Waals surface area contributed by atoms with E-state index in [9.17, 15) is 9.59 Å². The third kappa shape index (κ3) is 3.51. The van der Waals surface area contributed by atoms with E-state index < -0.39 is 12.2 Å². The van der Waals surface area contributed by atoms with E-state index in [4.69, 9.17) is 11.2 Å². The number of nitrogens with zero attached hydrogens (tertiary/aromatic N) is 4. The van der Waals surface area contributed by atoms with E-state index in [0.717, 1.165) is 23.4 Å². The highest BCUT2D eigenvalue weighted by atomic mass is 32.1. The molecule has 1 aromatic heterocycles. The lowest BCUT2D eigenvalue weighted by atomic mass is 10.1. The van der Waals surface area contributed by atoms with Crippen molar-refractivity contribution in [2.45, 2.75) is 31.9 Å². The second kappa shape index (κ2) is 7.00. The third-order valence-corrected chi connectivity index (χ3v) is 5.57. The Bertz CT molecular complexity index is 931. The molecule has 2 heterocycles. The minimum absolute atomic E-state index is 0.141. The number of rotatable bonds is 5. The van der Waals surface area contributed by atoms with Gasteiger partial charge in [0, 0.05) is 5.92 Å². The van der Waals surface area contributed by atoms with E-state index in [2.05, 4.69) is 16.1 Å². The van der Waals surface area contributed by atoms with Crippen molar-refractivity contribution in [3.63, 3.8) is 0 Å². The number of hydrogen-bond donors (Lipinski definition) is 0. The van der Waals surface area contributed by atoms with E-state index in [-0.39, 0.29) is 19.1 Å². The number of anilines is 1. The van der Waals surface area contributed by atoms with E-state index in [0.29, 0.717) is 16.6 Å². The van der Waals surface area contributed by atoms with Gasteiger partial charge in [0.25, 0.3) is 0 Å². The standard InChI is InChI=1S/C19H18N4O3S/c1-3-9-22-11-15(26-17(24)14-6-4-5-12(2)10-14)23(19(22)25)18-21-20-16(27-18)13-7-8-13/h1,4-6,10,13,15H,7-9,11H2,2H3. The average molecular weight is 382 g/mol. The number of esters is 1. The van der Waals surface area contributed by atoms with Crippen molar-refractivity contribution in [1.82, 2.24) is 15.1 Å². The van der Waals surface area contributed by atoms with E-state index in [1.54, 1.807) is 18.2 Å². The predicted molar refractivity (Wildman–Crippen MR) is 101 cm³/mol. The number of terminal acetylenes is 1. The van der Waals surface area contributed by atoms with Crippen LogP contribution in [-0.4, -0.2) is 46.4 Å². The number of benzene rings is 1. The second-order valence-electron chi connectivity index (χ2n) is 6.66. The minimum Gasteiger partial charge on any atom is -0.435 e. The molecule has 1 saturated heterocycles. The largest absolute Gasteiger partial charge is 0.435 e. The number of aryl methyl sites for hydroxylation is 1. The average Bonchev–Trinajstić information content (AvgIpc) is 3.31. The lowest BCUT2D eigenvalue weighted by molar-refractivity contribution is 0.0328. The van der Waals surface area contributed by atoms with Crippen molar-refractivity contribution in [2.75, 3.05) is 18.0 Å². The molecule has 8 heteroatoms. The summed E-state index contributed by atoms with van der Waals surface area (Å²) in [4.78, 5) is 28.2.